The molecule has 3 heterocycles. The molecule has 3 saturated heterocycles. The second kappa shape index (κ2) is 16.9. The molecule has 278 valence electrons. The summed E-state index contributed by atoms with van der Waals surface area (Å²) in [7, 11) is -4.67. The van der Waals surface area contributed by atoms with E-state index in [0.717, 1.165) is 0 Å². The van der Waals surface area contributed by atoms with E-state index in [0.29, 0.717) is 0 Å². The lowest BCUT2D eigenvalue weighted by Gasteiger charge is -2.47. The quantitative estimate of drug-likeness (QED) is 0.0986. The van der Waals surface area contributed by atoms with Gasteiger partial charge in [-0.3, -0.25) is 9.11 Å². The molecular weight excluding hydrogens is 664 g/mol. The summed E-state index contributed by atoms with van der Waals surface area (Å²) in [6, 6.07) is -4.18. The maximum absolute atomic E-state index is 11.1. The van der Waals surface area contributed by atoms with Crippen LogP contribution in [0.4, 0.5) is 0 Å². The first-order chi connectivity index (χ1) is 21.8. The molecule has 21 N–H and O–H groups in total. The highest BCUT2D eigenvalue weighted by Gasteiger charge is 2.54. The summed E-state index contributed by atoms with van der Waals surface area (Å²) in [4.78, 5) is 0. The number of aliphatic hydroxyl groups excluding tert-OH is 7. The first kappa shape index (κ1) is 40.5. The minimum Gasteiger partial charge on any atom is -0.394 e. The number of nitrogens with two attached hydrogens (primary N) is 6. The van der Waals surface area contributed by atoms with Crippen molar-refractivity contribution in [2.75, 3.05) is 19.7 Å². The van der Waals surface area contributed by atoms with E-state index < -0.39 is 133 Å². The van der Waals surface area contributed by atoms with Crippen LogP contribution in [-0.2, 0) is 38.8 Å². The summed E-state index contributed by atoms with van der Waals surface area (Å²) in [6.45, 7) is -0.967. The summed E-state index contributed by atoms with van der Waals surface area (Å²) in [6.07, 6.45) is -19.8. The average Bonchev–Trinajstić information content (AvgIpc) is 3.30. The molecule has 47 heavy (non-hydrogen) atoms. The number of hydrogen-bond donors (Lipinski definition) is 15. The zero-order valence-corrected chi connectivity index (χ0v) is 25.8. The van der Waals surface area contributed by atoms with Crippen molar-refractivity contribution in [2.45, 2.75) is 123 Å². The Labute approximate surface area is 269 Å². The third-order valence-corrected chi connectivity index (χ3v) is 8.37. The highest BCUT2D eigenvalue weighted by atomic mass is 32.3. The number of aliphatic hydroxyl groups is 7. The highest BCUT2D eigenvalue weighted by molar-refractivity contribution is 7.79. The Balaban J connectivity index is 0.00000111. The number of ether oxygens (including phenoxy) is 6. The van der Waals surface area contributed by atoms with Gasteiger partial charge in [-0.25, -0.2) is 0 Å². The van der Waals surface area contributed by atoms with Crippen LogP contribution in [0.15, 0.2) is 0 Å². The zero-order chi connectivity index (χ0) is 35.5. The third-order valence-electron chi connectivity index (χ3n) is 8.37. The molecule has 1 saturated carbocycles. The first-order valence-corrected chi connectivity index (χ1v) is 16.0. The molecule has 0 aromatic carbocycles. The second-order valence-electron chi connectivity index (χ2n) is 11.7. The van der Waals surface area contributed by atoms with Crippen molar-refractivity contribution >= 4 is 10.4 Å². The Kier molecular flexibility index (Phi) is 14.6. The van der Waals surface area contributed by atoms with Gasteiger partial charge in [0, 0.05) is 25.2 Å². The number of hydrogen-bond acceptors (Lipinski definition) is 21. The molecule has 1 aliphatic carbocycles. The van der Waals surface area contributed by atoms with Crippen molar-refractivity contribution < 1.29 is 81.7 Å². The van der Waals surface area contributed by atoms with Gasteiger partial charge in [0.05, 0.1) is 24.8 Å². The fourth-order valence-corrected chi connectivity index (χ4v) is 5.74. The predicted molar refractivity (Wildman–Crippen MR) is 153 cm³/mol. The second-order valence-corrected chi connectivity index (χ2v) is 12.6. The molecule has 0 aromatic rings. The fourth-order valence-electron chi connectivity index (χ4n) is 5.74. The lowest BCUT2D eigenvalue weighted by atomic mass is 9.84. The van der Waals surface area contributed by atoms with Crippen molar-refractivity contribution in [3.8, 4) is 0 Å². The topological polar surface area (TPSA) is 428 Å². The molecule has 1 unspecified atom stereocenters. The Morgan fingerprint density at radius 3 is 1.40 bits per heavy atom. The van der Waals surface area contributed by atoms with Gasteiger partial charge in [0.2, 0.25) is 0 Å². The smallest absolute Gasteiger partial charge is 0.394 e. The van der Waals surface area contributed by atoms with Crippen LogP contribution in [0, 0.1) is 0 Å². The molecular formula is C23H48N6O17S. The summed E-state index contributed by atoms with van der Waals surface area (Å²) >= 11 is 0. The molecule has 4 fully saturated rings. The van der Waals surface area contributed by atoms with Gasteiger partial charge in [0.15, 0.2) is 18.9 Å². The van der Waals surface area contributed by atoms with Gasteiger partial charge < -0.3 is 98.6 Å². The minimum atomic E-state index is -4.67. The standard InChI is InChI=1S/C23H46N6O13.H2O4S/c24-2-7-13(32)15(34)10(28)21(37-7)40-18-6(27)1-5(26)12(31)20(18)42-23-17(36)19(9(4-30)39-23)41-22-11(29)16(35)14(33)8(3-25)38-22;1-5(2,3)4/h5-23,30-36H,1-4,24-29H2;(H2,1,2,3,4)/t5-,6+,7-,8+,9-,10-,11+,12+,13+,14-,15-,16-,17+,18-,19-,20+,21-,22?,23+;/m1./s1. The van der Waals surface area contributed by atoms with E-state index in [1.165, 1.54) is 0 Å². The molecule has 24 heteroatoms. The normalized spacial score (nSPS) is 49.3. The van der Waals surface area contributed by atoms with Gasteiger partial charge in [-0.15, -0.1) is 0 Å². The summed E-state index contributed by atoms with van der Waals surface area (Å²) in [5.41, 5.74) is 35.6. The van der Waals surface area contributed by atoms with Gasteiger partial charge in [0.1, 0.15) is 67.1 Å². The van der Waals surface area contributed by atoms with Crippen LogP contribution < -0.4 is 34.4 Å². The Bertz CT molecular complexity index is 1080. The maximum Gasteiger partial charge on any atom is 0.394 e. The Morgan fingerprint density at radius 1 is 0.574 bits per heavy atom. The Morgan fingerprint density at radius 2 is 0.979 bits per heavy atom. The van der Waals surface area contributed by atoms with Crippen molar-refractivity contribution in [1.29, 1.82) is 0 Å². The molecule has 23 nitrogen and oxygen atoms in total. The van der Waals surface area contributed by atoms with Crippen LogP contribution >= 0.6 is 0 Å². The first-order valence-electron chi connectivity index (χ1n) is 14.6. The van der Waals surface area contributed by atoms with Gasteiger partial charge in [-0.2, -0.15) is 8.42 Å². The molecule has 0 aromatic heterocycles. The molecule has 3 aliphatic heterocycles. The van der Waals surface area contributed by atoms with E-state index in [1.807, 2.05) is 0 Å². The van der Waals surface area contributed by atoms with Crippen LogP contribution in [0.1, 0.15) is 6.42 Å². The number of rotatable bonds is 9. The fraction of sp³-hybridized carbons (Fsp3) is 1.00. The van der Waals surface area contributed by atoms with Gasteiger partial charge >= 0.3 is 10.4 Å². The van der Waals surface area contributed by atoms with Crippen molar-refractivity contribution in [2.24, 2.45) is 34.4 Å². The van der Waals surface area contributed by atoms with E-state index in [2.05, 4.69) is 0 Å². The van der Waals surface area contributed by atoms with Crippen molar-refractivity contribution in [3.63, 3.8) is 0 Å². The molecule has 0 spiro atoms. The molecule has 0 radical (unpaired) electrons. The van der Waals surface area contributed by atoms with Crippen LogP contribution in [-0.4, -0.2) is 189 Å². The lowest BCUT2D eigenvalue weighted by Crippen LogP contribution is -2.68. The van der Waals surface area contributed by atoms with Gasteiger partial charge in [-0.1, -0.05) is 0 Å². The summed E-state index contributed by atoms with van der Waals surface area (Å²) in [5.74, 6) is 0. The highest BCUT2D eigenvalue weighted by Crippen LogP contribution is 2.34. The Hall–Kier alpha value is -0.890. The van der Waals surface area contributed by atoms with Crippen molar-refractivity contribution in [3.05, 3.63) is 0 Å². The van der Waals surface area contributed by atoms with Crippen molar-refractivity contribution in [1.82, 2.24) is 0 Å². The van der Waals surface area contributed by atoms with Crippen LogP contribution in [0.5, 0.6) is 0 Å². The van der Waals surface area contributed by atoms with E-state index in [4.69, 9.17) is 80.3 Å². The molecule has 19 atom stereocenters. The van der Waals surface area contributed by atoms with Crippen LogP contribution in [0.25, 0.3) is 0 Å². The van der Waals surface area contributed by atoms with Crippen LogP contribution in [0.3, 0.4) is 0 Å². The maximum atomic E-state index is 11.1. The van der Waals surface area contributed by atoms with Gasteiger partial charge in [-0.05, 0) is 6.42 Å². The van der Waals surface area contributed by atoms with E-state index in [-0.39, 0.29) is 19.5 Å². The predicted octanol–water partition coefficient (Wildman–Crippen LogP) is -9.55. The lowest BCUT2D eigenvalue weighted by molar-refractivity contribution is -0.306. The van der Waals surface area contributed by atoms with Gasteiger partial charge in [0.25, 0.3) is 0 Å². The molecule has 0 bridgehead atoms. The zero-order valence-electron chi connectivity index (χ0n) is 25.0. The minimum absolute atomic E-state index is 0.0889. The third kappa shape index (κ3) is 9.67. The largest absolute Gasteiger partial charge is 0.394 e. The van der Waals surface area contributed by atoms with E-state index >= 15 is 0 Å². The molecule has 4 aliphatic rings. The molecule has 4 rings (SSSR count). The van der Waals surface area contributed by atoms with Crippen LogP contribution in [0.2, 0.25) is 0 Å². The summed E-state index contributed by atoms with van der Waals surface area (Å²) < 4.78 is 66.2. The summed E-state index contributed by atoms with van der Waals surface area (Å²) in [5, 5.41) is 73.0. The average molecular weight is 713 g/mol. The molecule has 0 amide bonds. The van der Waals surface area contributed by atoms with E-state index in [1.54, 1.807) is 0 Å². The van der Waals surface area contributed by atoms with E-state index in [9.17, 15) is 35.7 Å². The monoisotopic (exact) mass is 712 g/mol. The SMILES string of the molecule is NC[C@@H]1OC(O[C@H]2[C@H](O)[C@H](O[C@H]3[C@@H](O)[C@H](N)C[C@H](N)[C@H]3O[C@H]3O[C@H](CN)[C@H](O)[C@H](O)[C@H]3N)O[C@@H]2CO)[C@@H](N)[C@@H](O)[C@@H]1O.O=S(=O)(O)O.